The summed E-state index contributed by atoms with van der Waals surface area (Å²) >= 11 is 1.76. The Balaban J connectivity index is 1.50. The lowest BCUT2D eigenvalue weighted by atomic mass is 10.0. The van der Waals surface area contributed by atoms with Gasteiger partial charge in [0.15, 0.2) is 5.69 Å². The highest BCUT2D eigenvalue weighted by molar-refractivity contribution is 7.11. The number of nitrogens with one attached hydrogen (secondary N) is 2. The molecule has 2 aromatic rings. The molecule has 0 unspecified atom stereocenters. The monoisotopic (exact) mass is 331 g/mol. The van der Waals surface area contributed by atoms with Crippen molar-refractivity contribution in [2.24, 2.45) is 0 Å². The molecule has 1 aliphatic heterocycles. The topological polar surface area (TPSA) is 73.9 Å². The average molecular weight is 331 g/mol. The summed E-state index contributed by atoms with van der Waals surface area (Å²) < 4.78 is 0. The summed E-state index contributed by atoms with van der Waals surface area (Å²) in [6.45, 7) is 2.21. The number of nitrogens with zero attached hydrogens (tertiary/aromatic N) is 3. The first-order valence-corrected chi connectivity index (χ1v) is 9.04. The quantitative estimate of drug-likeness (QED) is 0.897. The van der Waals surface area contributed by atoms with Crippen LogP contribution in [0.25, 0.3) is 0 Å². The third-order valence-electron chi connectivity index (χ3n) is 4.62. The van der Waals surface area contributed by atoms with E-state index < -0.39 is 0 Å². The minimum atomic E-state index is -0.0284. The second-order valence-electron chi connectivity index (χ2n) is 6.30. The van der Waals surface area contributed by atoms with E-state index in [4.69, 9.17) is 4.98 Å². The van der Waals surface area contributed by atoms with Gasteiger partial charge < -0.3 is 10.2 Å². The van der Waals surface area contributed by atoms with E-state index in [0.717, 1.165) is 42.1 Å². The number of hydrogen-bond acceptors (Lipinski definition) is 5. The van der Waals surface area contributed by atoms with Gasteiger partial charge in [-0.25, -0.2) is 4.98 Å². The first kappa shape index (κ1) is 14.8. The van der Waals surface area contributed by atoms with Crippen molar-refractivity contribution in [3.63, 3.8) is 0 Å². The fraction of sp³-hybridized carbons (Fsp3) is 0.562. The Morgan fingerprint density at radius 3 is 3.04 bits per heavy atom. The van der Waals surface area contributed by atoms with E-state index in [2.05, 4.69) is 15.5 Å². The predicted molar refractivity (Wildman–Crippen MR) is 88.6 cm³/mol. The molecule has 2 N–H and O–H groups in total. The third-order valence-corrected chi connectivity index (χ3v) is 5.76. The molecule has 0 fully saturated rings. The van der Waals surface area contributed by atoms with Gasteiger partial charge in [-0.3, -0.25) is 9.89 Å². The zero-order chi connectivity index (χ0) is 15.8. The number of thiazole rings is 1. The van der Waals surface area contributed by atoms with Gasteiger partial charge in [0.2, 0.25) is 0 Å². The number of fused-ring (bicyclic) bond motifs is 2. The normalized spacial score (nSPS) is 16.7. The first-order chi connectivity index (χ1) is 11.2. The highest BCUT2D eigenvalue weighted by Crippen LogP contribution is 2.27. The van der Waals surface area contributed by atoms with E-state index in [1.807, 2.05) is 7.05 Å². The van der Waals surface area contributed by atoms with Crippen LogP contribution in [-0.2, 0) is 32.4 Å². The molecule has 0 spiro atoms. The molecular weight excluding hydrogens is 310 g/mol. The summed E-state index contributed by atoms with van der Waals surface area (Å²) in [4.78, 5) is 20.6. The molecule has 1 aliphatic carbocycles. The van der Waals surface area contributed by atoms with Crippen molar-refractivity contribution in [1.82, 2.24) is 25.4 Å². The molecular formula is C16H21N5OS. The van der Waals surface area contributed by atoms with E-state index in [1.165, 1.54) is 23.4 Å². The van der Waals surface area contributed by atoms with E-state index in [9.17, 15) is 4.79 Å². The maximum absolute atomic E-state index is 12.7. The van der Waals surface area contributed by atoms with Crippen LogP contribution in [0.2, 0.25) is 0 Å². The summed E-state index contributed by atoms with van der Waals surface area (Å²) in [7, 11) is 1.83. The SMILES string of the molecule is CN(Cc1nc2c(s1)CCCC2)C(=O)c1n[nH]c2c1CNCC2. The summed E-state index contributed by atoms with van der Waals surface area (Å²) in [5.41, 5.74) is 3.91. The molecule has 1 amide bonds. The molecule has 0 bridgehead atoms. The smallest absolute Gasteiger partial charge is 0.274 e. The van der Waals surface area contributed by atoms with Crippen molar-refractivity contribution in [3.05, 3.63) is 32.5 Å². The Kier molecular flexibility index (Phi) is 3.90. The van der Waals surface area contributed by atoms with Crippen molar-refractivity contribution in [2.75, 3.05) is 13.6 Å². The van der Waals surface area contributed by atoms with Gasteiger partial charge in [-0.15, -0.1) is 11.3 Å². The fourth-order valence-electron chi connectivity index (χ4n) is 3.33. The summed E-state index contributed by atoms with van der Waals surface area (Å²) in [6.07, 6.45) is 5.62. The molecule has 0 saturated carbocycles. The Morgan fingerprint density at radius 2 is 2.17 bits per heavy atom. The van der Waals surface area contributed by atoms with Crippen molar-refractivity contribution >= 4 is 17.2 Å². The number of aryl methyl sites for hydroxylation is 2. The number of carbonyl (C=O) groups excluding carboxylic acids is 1. The van der Waals surface area contributed by atoms with Crippen LogP contribution in [0.4, 0.5) is 0 Å². The molecule has 3 heterocycles. The van der Waals surface area contributed by atoms with Gasteiger partial charge in [0, 0.05) is 42.7 Å². The van der Waals surface area contributed by atoms with E-state index in [-0.39, 0.29) is 5.91 Å². The number of carbonyl (C=O) groups is 1. The number of rotatable bonds is 3. The average Bonchev–Trinajstić information content (AvgIpc) is 3.17. The molecule has 4 rings (SSSR count). The van der Waals surface area contributed by atoms with Crippen LogP contribution in [0.15, 0.2) is 0 Å². The number of H-pyrrole nitrogens is 1. The van der Waals surface area contributed by atoms with Crippen LogP contribution in [0.1, 0.15) is 50.2 Å². The van der Waals surface area contributed by atoms with E-state index in [0.29, 0.717) is 18.8 Å². The van der Waals surface area contributed by atoms with Crippen molar-refractivity contribution in [3.8, 4) is 0 Å². The van der Waals surface area contributed by atoms with Crippen LogP contribution >= 0.6 is 11.3 Å². The van der Waals surface area contributed by atoms with Crippen LogP contribution < -0.4 is 5.32 Å². The zero-order valence-corrected chi connectivity index (χ0v) is 14.1. The Hall–Kier alpha value is -1.73. The molecule has 0 aromatic carbocycles. The molecule has 0 radical (unpaired) electrons. The fourth-order valence-corrected chi connectivity index (χ4v) is 4.54. The molecule has 2 aliphatic rings. The summed E-state index contributed by atoms with van der Waals surface area (Å²) in [5.74, 6) is -0.0284. The van der Waals surface area contributed by atoms with Crippen molar-refractivity contribution in [1.29, 1.82) is 0 Å². The van der Waals surface area contributed by atoms with Gasteiger partial charge in [0.05, 0.1) is 12.2 Å². The largest absolute Gasteiger partial charge is 0.334 e. The molecule has 23 heavy (non-hydrogen) atoms. The highest BCUT2D eigenvalue weighted by Gasteiger charge is 2.25. The van der Waals surface area contributed by atoms with Gasteiger partial charge in [-0.1, -0.05) is 0 Å². The second-order valence-corrected chi connectivity index (χ2v) is 7.47. The summed E-state index contributed by atoms with van der Waals surface area (Å²) in [5, 5.41) is 11.6. The van der Waals surface area contributed by atoms with Gasteiger partial charge in [0.1, 0.15) is 5.01 Å². The molecule has 2 aromatic heterocycles. The molecule has 0 saturated heterocycles. The zero-order valence-electron chi connectivity index (χ0n) is 13.3. The van der Waals surface area contributed by atoms with Crippen LogP contribution in [-0.4, -0.2) is 39.6 Å². The molecule has 7 heteroatoms. The lowest BCUT2D eigenvalue weighted by Gasteiger charge is -2.17. The first-order valence-electron chi connectivity index (χ1n) is 8.22. The van der Waals surface area contributed by atoms with Gasteiger partial charge in [0.25, 0.3) is 5.91 Å². The van der Waals surface area contributed by atoms with Crippen LogP contribution in [0.5, 0.6) is 0 Å². The number of aromatic amines is 1. The van der Waals surface area contributed by atoms with Crippen molar-refractivity contribution < 1.29 is 4.79 Å². The predicted octanol–water partition coefficient (Wildman–Crippen LogP) is 1.66. The number of aromatic nitrogens is 3. The lowest BCUT2D eigenvalue weighted by molar-refractivity contribution is 0.0777. The van der Waals surface area contributed by atoms with Crippen LogP contribution in [0, 0.1) is 0 Å². The van der Waals surface area contributed by atoms with Gasteiger partial charge in [-0.2, -0.15) is 5.10 Å². The summed E-state index contributed by atoms with van der Waals surface area (Å²) in [6, 6.07) is 0. The standard InChI is InChI=1S/C16H21N5OS/c1-21(9-14-18-12-4-2-3-5-13(12)23-14)16(22)15-10-8-17-7-6-11(10)19-20-15/h17H,2-9H2,1H3,(H,19,20). The highest BCUT2D eigenvalue weighted by atomic mass is 32.1. The molecule has 0 atom stereocenters. The Labute approximate surface area is 139 Å². The minimum absolute atomic E-state index is 0.0284. The lowest BCUT2D eigenvalue weighted by Crippen LogP contribution is -2.29. The Morgan fingerprint density at radius 1 is 1.30 bits per heavy atom. The molecule has 122 valence electrons. The van der Waals surface area contributed by atoms with E-state index >= 15 is 0 Å². The maximum atomic E-state index is 12.7. The van der Waals surface area contributed by atoms with Gasteiger partial charge in [-0.05, 0) is 25.7 Å². The Bertz CT molecular complexity index is 711. The second kappa shape index (κ2) is 6.05. The molecule has 6 nitrogen and oxygen atoms in total. The van der Waals surface area contributed by atoms with Gasteiger partial charge >= 0.3 is 0 Å². The number of hydrogen-bond donors (Lipinski definition) is 2. The van der Waals surface area contributed by atoms with Crippen LogP contribution in [0.3, 0.4) is 0 Å². The van der Waals surface area contributed by atoms with Crippen molar-refractivity contribution in [2.45, 2.75) is 45.2 Å². The minimum Gasteiger partial charge on any atom is -0.334 e. The number of amides is 1. The van der Waals surface area contributed by atoms with E-state index in [1.54, 1.807) is 16.2 Å². The maximum Gasteiger partial charge on any atom is 0.274 e. The third kappa shape index (κ3) is 2.79.